The number of halogens is 2. The molecule has 0 radical (unpaired) electrons. The number of alkyl halides is 2. The summed E-state index contributed by atoms with van der Waals surface area (Å²) in [5.74, 6) is -10.4. The van der Waals surface area contributed by atoms with Crippen molar-refractivity contribution in [2.75, 3.05) is 7.05 Å². The van der Waals surface area contributed by atoms with Gasteiger partial charge in [0.05, 0.1) is 5.70 Å². The van der Waals surface area contributed by atoms with E-state index in [4.69, 9.17) is 9.84 Å². The minimum absolute atomic E-state index is 0.258. The lowest BCUT2D eigenvalue weighted by Gasteiger charge is -2.20. The molecule has 11 heteroatoms. The Morgan fingerprint density at radius 3 is 2.29 bits per heavy atom. The highest BCUT2D eigenvalue weighted by Crippen LogP contribution is 2.55. The lowest BCUT2D eigenvalue weighted by molar-refractivity contribution is -0.141. The van der Waals surface area contributed by atoms with Crippen molar-refractivity contribution in [3.8, 4) is 0 Å². The predicted molar refractivity (Wildman–Crippen MR) is 157 cm³/mol. The Balaban J connectivity index is 2.37. The van der Waals surface area contributed by atoms with Crippen LogP contribution in [0.1, 0.15) is 71.1 Å². The summed E-state index contributed by atoms with van der Waals surface area (Å²) in [4.78, 5) is 36.7. The summed E-state index contributed by atoms with van der Waals surface area (Å²) >= 11 is 0. The van der Waals surface area contributed by atoms with E-state index < -0.39 is 41.8 Å². The van der Waals surface area contributed by atoms with E-state index in [0.29, 0.717) is 41.8 Å². The Morgan fingerprint density at radius 1 is 1.07 bits per heavy atom. The first kappa shape index (κ1) is 34.2. The van der Waals surface area contributed by atoms with Crippen LogP contribution in [0, 0.1) is 18.8 Å². The first-order valence-electron chi connectivity index (χ1n) is 14.0. The van der Waals surface area contributed by atoms with Gasteiger partial charge in [0.2, 0.25) is 5.91 Å². The second-order valence-corrected chi connectivity index (χ2v) is 10.2. The molecule has 0 aliphatic heterocycles. The van der Waals surface area contributed by atoms with Gasteiger partial charge >= 0.3 is 12.1 Å². The molecule has 0 saturated heterocycles. The molecule has 42 heavy (non-hydrogen) atoms. The Hall–Kier alpha value is -3.99. The summed E-state index contributed by atoms with van der Waals surface area (Å²) in [5, 5.41) is 14.4. The molecule has 0 spiro atoms. The summed E-state index contributed by atoms with van der Waals surface area (Å²) in [6.45, 7) is 11.1. The number of benzene rings is 1. The Labute approximate surface area is 246 Å². The second-order valence-electron chi connectivity index (χ2n) is 10.2. The van der Waals surface area contributed by atoms with Gasteiger partial charge in [-0.25, -0.2) is 19.0 Å². The van der Waals surface area contributed by atoms with E-state index in [9.17, 15) is 23.2 Å². The third kappa shape index (κ3) is 8.75. The fourth-order valence-corrected chi connectivity index (χ4v) is 4.61. The summed E-state index contributed by atoms with van der Waals surface area (Å²) < 4.78 is 33.6. The number of amides is 2. The molecule has 1 aromatic rings. The van der Waals surface area contributed by atoms with Crippen molar-refractivity contribution >= 4 is 18.0 Å². The smallest absolute Gasteiger partial charge is 0.412 e. The number of allylic oxidation sites excluding steroid dienone is 6. The van der Waals surface area contributed by atoms with Crippen LogP contribution in [0.5, 0.6) is 0 Å². The van der Waals surface area contributed by atoms with Gasteiger partial charge < -0.3 is 20.6 Å². The van der Waals surface area contributed by atoms with E-state index in [1.807, 2.05) is 51.1 Å². The maximum absolute atomic E-state index is 14.0. The van der Waals surface area contributed by atoms with E-state index in [1.54, 1.807) is 40.0 Å². The number of nitrogens with one attached hydrogen (secondary N) is 4. The van der Waals surface area contributed by atoms with E-state index in [0.717, 1.165) is 11.1 Å². The molecule has 1 saturated carbocycles. The van der Waals surface area contributed by atoms with Crippen molar-refractivity contribution in [1.29, 1.82) is 0 Å². The number of aryl methyl sites for hydroxylation is 1. The second kappa shape index (κ2) is 15.3. The van der Waals surface area contributed by atoms with Crippen molar-refractivity contribution in [3.63, 3.8) is 0 Å². The zero-order chi connectivity index (χ0) is 31.6. The highest BCUT2D eigenvalue weighted by molar-refractivity contribution is 5.93. The lowest BCUT2D eigenvalue weighted by atomic mass is 10.0. The number of carbonyl (C=O) groups is 3. The van der Waals surface area contributed by atoms with E-state index in [-0.39, 0.29) is 5.70 Å². The van der Waals surface area contributed by atoms with Crippen LogP contribution in [0.25, 0.3) is 0 Å². The minimum atomic E-state index is -3.60. The molecule has 1 aromatic carbocycles. The number of hydrogen-bond donors (Lipinski definition) is 5. The van der Waals surface area contributed by atoms with Crippen LogP contribution in [0.3, 0.4) is 0 Å². The number of aliphatic carboxylic acids is 1. The minimum Gasteiger partial charge on any atom is -0.481 e. The van der Waals surface area contributed by atoms with Crippen LogP contribution in [0.4, 0.5) is 13.6 Å². The van der Waals surface area contributed by atoms with Crippen molar-refractivity contribution in [1.82, 2.24) is 21.5 Å². The van der Waals surface area contributed by atoms with Gasteiger partial charge in [-0.1, -0.05) is 56.7 Å². The molecule has 2 amide bonds. The van der Waals surface area contributed by atoms with Crippen LogP contribution in [-0.2, 0) is 14.3 Å². The molecule has 1 aliphatic rings. The fraction of sp³-hybridized carbons (Fsp3) is 0.452. The third-order valence-electron chi connectivity index (χ3n) is 6.90. The predicted octanol–water partition coefficient (Wildman–Crippen LogP) is 5.79. The molecule has 0 aromatic heterocycles. The van der Waals surface area contributed by atoms with Crippen LogP contribution in [-0.4, -0.2) is 36.0 Å². The average Bonchev–Trinajstić information content (AvgIpc) is 3.51. The number of alkyl carbamates (subject to hydrolysis) is 1. The zero-order valence-electron chi connectivity index (χ0n) is 25.2. The number of carbonyl (C=O) groups excluding carboxylic acids is 2. The zero-order valence-corrected chi connectivity index (χ0v) is 25.2. The normalized spacial score (nSPS) is 19.8. The molecule has 5 N–H and O–H groups in total. The molecule has 3 unspecified atom stereocenters. The van der Waals surface area contributed by atoms with Crippen molar-refractivity contribution in [2.24, 2.45) is 11.8 Å². The van der Waals surface area contributed by atoms with Crippen LogP contribution >= 0.6 is 0 Å². The molecule has 3 atom stereocenters. The van der Waals surface area contributed by atoms with E-state index >= 15 is 0 Å². The first-order chi connectivity index (χ1) is 19.8. The number of ether oxygens (including phenoxy) is 1. The summed E-state index contributed by atoms with van der Waals surface area (Å²) in [5.41, 5.74) is 10.4. The molecule has 1 aliphatic carbocycles. The van der Waals surface area contributed by atoms with E-state index in [1.165, 1.54) is 0 Å². The van der Waals surface area contributed by atoms with Gasteiger partial charge in [-0.05, 0) is 68.9 Å². The van der Waals surface area contributed by atoms with Crippen molar-refractivity contribution < 1.29 is 33.0 Å². The monoisotopic (exact) mass is 588 g/mol. The average molecular weight is 589 g/mol. The number of carboxylic acids is 1. The summed E-state index contributed by atoms with van der Waals surface area (Å²) in [6.07, 6.45) is 5.77. The molecular formula is C31H42F2N4O5. The standard InChI is InChI=1S/C31H42F2N4O5/c1-8-12-19(4)23(35-28(38)25-26(29(39)40)31(25,32)33)17-16-20(5)27(37-34-7)24(13-9-2)36-30(41)42-21(6)22-15-11-10-14-18(22)3/h10-12,14-17,21,25-26,34,37H,8-9,13H2,1-7H3,(H,35,38)(H,36,41)(H,39,40)/b19-12+,20-16+,23-17+,27-24+. The molecule has 2 rings (SSSR count). The van der Waals surface area contributed by atoms with Crippen molar-refractivity contribution in [3.05, 3.63) is 81.9 Å². The molecule has 0 bridgehead atoms. The number of rotatable bonds is 14. The Bertz CT molecular complexity index is 1290. The maximum atomic E-state index is 14.0. The van der Waals surface area contributed by atoms with Crippen LogP contribution < -0.4 is 21.5 Å². The number of hydrogen-bond acceptors (Lipinski definition) is 6. The topological polar surface area (TPSA) is 129 Å². The fourth-order valence-electron chi connectivity index (χ4n) is 4.61. The first-order valence-corrected chi connectivity index (χ1v) is 14.0. The van der Waals surface area contributed by atoms with Crippen LogP contribution in [0.15, 0.2) is 70.7 Å². The van der Waals surface area contributed by atoms with Crippen LogP contribution in [0.2, 0.25) is 0 Å². The largest absolute Gasteiger partial charge is 0.481 e. The van der Waals surface area contributed by atoms with Gasteiger partial charge in [0.15, 0.2) is 0 Å². The summed E-state index contributed by atoms with van der Waals surface area (Å²) in [6, 6.07) is 7.65. The van der Waals surface area contributed by atoms with Gasteiger partial charge in [-0.15, -0.1) is 0 Å². The lowest BCUT2D eigenvalue weighted by Crippen LogP contribution is -2.34. The third-order valence-corrected chi connectivity index (χ3v) is 6.90. The molecule has 0 heterocycles. The molecule has 9 nitrogen and oxygen atoms in total. The van der Waals surface area contributed by atoms with Gasteiger partial charge in [0.1, 0.15) is 17.9 Å². The van der Waals surface area contributed by atoms with E-state index in [2.05, 4.69) is 21.5 Å². The quantitative estimate of drug-likeness (QED) is 0.138. The highest BCUT2D eigenvalue weighted by Gasteiger charge is 2.76. The number of hydrazine groups is 1. The highest BCUT2D eigenvalue weighted by atomic mass is 19.3. The Morgan fingerprint density at radius 2 is 1.74 bits per heavy atom. The maximum Gasteiger partial charge on any atom is 0.412 e. The van der Waals surface area contributed by atoms with Gasteiger partial charge in [-0.3, -0.25) is 14.9 Å². The van der Waals surface area contributed by atoms with Crippen molar-refractivity contribution in [2.45, 2.75) is 72.8 Å². The van der Waals surface area contributed by atoms with Gasteiger partial charge in [0.25, 0.3) is 5.92 Å². The van der Waals surface area contributed by atoms with Gasteiger partial charge in [-0.2, -0.15) is 0 Å². The molecule has 230 valence electrons. The SMILES string of the molecule is CC/C=C(C)/C(=C\C=C(C)\C(NNC)=C(\CCC)NC(=O)OC(C)c1ccccc1C)NC(=O)C1C(C(=O)O)C1(F)F. The number of carboxylic acid groups (broad SMARTS) is 1. The Kier molecular flexibility index (Phi) is 12.5. The molecule has 1 fully saturated rings. The molecular weight excluding hydrogens is 546 g/mol. The van der Waals surface area contributed by atoms with Gasteiger partial charge in [0, 0.05) is 18.4 Å². The summed E-state index contributed by atoms with van der Waals surface area (Å²) in [7, 11) is 1.67.